The summed E-state index contributed by atoms with van der Waals surface area (Å²) in [4.78, 5) is 25.7. The molecule has 0 spiro atoms. The van der Waals surface area contributed by atoms with Crippen molar-refractivity contribution >= 4 is 21.8 Å². The summed E-state index contributed by atoms with van der Waals surface area (Å²) in [6, 6.07) is 5.91. The minimum absolute atomic E-state index is 0.0665. The highest BCUT2D eigenvalue weighted by molar-refractivity contribution is 7.89. The SMILES string of the molecule is O=C(NNC(=O)C12CC3CC(CC(C3)C1)C2)c1ccc(S(=O)(=O)N2CCCC2)cc1. The van der Waals surface area contributed by atoms with E-state index in [1.165, 1.54) is 47.8 Å². The molecule has 1 saturated heterocycles. The van der Waals surface area contributed by atoms with Crippen molar-refractivity contribution in [2.45, 2.75) is 56.3 Å². The molecule has 1 aromatic rings. The third-order valence-corrected chi connectivity index (χ3v) is 9.54. The number of carbonyl (C=O) groups is 2. The highest BCUT2D eigenvalue weighted by Crippen LogP contribution is 2.60. The maximum Gasteiger partial charge on any atom is 0.269 e. The monoisotopic (exact) mass is 431 g/mol. The number of hydrazine groups is 1. The van der Waals surface area contributed by atoms with Crippen LogP contribution in [0, 0.1) is 23.2 Å². The fourth-order valence-electron chi connectivity index (χ4n) is 6.56. The summed E-state index contributed by atoms with van der Waals surface area (Å²) in [6.07, 6.45) is 8.33. The minimum Gasteiger partial charge on any atom is -0.273 e. The van der Waals surface area contributed by atoms with Gasteiger partial charge in [-0.25, -0.2) is 8.42 Å². The highest BCUT2D eigenvalue weighted by Gasteiger charge is 2.54. The van der Waals surface area contributed by atoms with E-state index in [-0.39, 0.29) is 16.2 Å². The fraction of sp³-hybridized carbons (Fsp3) is 0.636. The molecule has 1 aromatic carbocycles. The zero-order valence-electron chi connectivity index (χ0n) is 17.1. The maximum absolute atomic E-state index is 13.0. The quantitative estimate of drug-likeness (QED) is 0.716. The molecule has 7 nitrogen and oxygen atoms in total. The van der Waals surface area contributed by atoms with Crippen LogP contribution < -0.4 is 10.9 Å². The first-order valence-corrected chi connectivity index (χ1v) is 12.5. The van der Waals surface area contributed by atoms with Crippen LogP contribution in [-0.4, -0.2) is 37.6 Å². The van der Waals surface area contributed by atoms with Gasteiger partial charge < -0.3 is 0 Å². The van der Waals surface area contributed by atoms with Gasteiger partial charge in [0.15, 0.2) is 0 Å². The Bertz CT molecular complexity index is 916. The fourth-order valence-corrected chi connectivity index (χ4v) is 8.08. The summed E-state index contributed by atoms with van der Waals surface area (Å²) in [5.41, 5.74) is 5.20. The molecular formula is C22H29N3O4S. The summed E-state index contributed by atoms with van der Waals surface area (Å²) in [5, 5.41) is 0. The first-order chi connectivity index (χ1) is 14.4. The van der Waals surface area contributed by atoms with E-state index in [9.17, 15) is 18.0 Å². The molecule has 1 heterocycles. The zero-order chi connectivity index (χ0) is 20.9. The van der Waals surface area contributed by atoms with Crippen LogP contribution in [0.15, 0.2) is 29.2 Å². The second-order valence-electron chi connectivity index (χ2n) is 9.74. The van der Waals surface area contributed by atoms with Crippen LogP contribution in [0.1, 0.15) is 61.7 Å². The molecule has 0 radical (unpaired) electrons. The van der Waals surface area contributed by atoms with Crippen molar-refractivity contribution in [1.82, 2.24) is 15.2 Å². The average molecular weight is 432 g/mol. The molecular weight excluding hydrogens is 402 g/mol. The van der Waals surface area contributed by atoms with Gasteiger partial charge in [-0.1, -0.05) is 0 Å². The highest BCUT2D eigenvalue weighted by atomic mass is 32.2. The molecule has 4 aliphatic carbocycles. The predicted molar refractivity (Wildman–Crippen MR) is 111 cm³/mol. The van der Waals surface area contributed by atoms with Gasteiger partial charge in [-0.05, 0) is 93.4 Å². The normalized spacial score (nSPS) is 32.9. The van der Waals surface area contributed by atoms with E-state index in [1.54, 1.807) is 0 Å². The lowest BCUT2D eigenvalue weighted by atomic mass is 9.49. The second kappa shape index (κ2) is 7.34. The molecule has 2 N–H and O–H groups in total. The van der Waals surface area contributed by atoms with E-state index in [4.69, 9.17) is 0 Å². The lowest BCUT2D eigenvalue weighted by Gasteiger charge is -2.55. The molecule has 2 amide bonds. The topological polar surface area (TPSA) is 95.6 Å². The Morgan fingerprint density at radius 1 is 0.867 bits per heavy atom. The van der Waals surface area contributed by atoms with Gasteiger partial charge in [-0.3, -0.25) is 20.4 Å². The third-order valence-electron chi connectivity index (χ3n) is 7.63. The van der Waals surface area contributed by atoms with Gasteiger partial charge in [0.1, 0.15) is 0 Å². The molecule has 0 atom stereocenters. The minimum atomic E-state index is -3.50. The second-order valence-corrected chi connectivity index (χ2v) is 11.7. The van der Waals surface area contributed by atoms with Crippen LogP contribution in [0.5, 0.6) is 0 Å². The van der Waals surface area contributed by atoms with E-state index in [0.717, 1.165) is 32.1 Å². The molecule has 0 aromatic heterocycles. The number of nitrogens with zero attached hydrogens (tertiary/aromatic N) is 1. The number of benzene rings is 1. The molecule has 1 aliphatic heterocycles. The first-order valence-electron chi connectivity index (χ1n) is 11.1. The number of sulfonamides is 1. The Morgan fingerprint density at radius 2 is 1.40 bits per heavy atom. The zero-order valence-corrected chi connectivity index (χ0v) is 17.9. The molecule has 4 saturated carbocycles. The number of nitrogens with one attached hydrogen (secondary N) is 2. The van der Waals surface area contributed by atoms with Gasteiger partial charge in [0, 0.05) is 18.7 Å². The van der Waals surface area contributed by atoms with Crippen molar-refractivity contribution in [2.75, 3.05) is 13.1 Å². The number of hydrogen-bond donors (Lipinski definition) is 2. The van der Waals surface area contributed by atoms with Gasteiger partial charge in [0.2, 0.25) is 15.9 Å². The number of rotatable bonds is 4. The van der Waals surface area contributed by atoms with Crippen molar-refractivity contribution in [3.63, 3.8) is 0 Å². The Balaban J connectivity index is 1.21. The van der Waals surface area contributed by atoms with Crippen LogP contribution in [0.2, 0.25) is 0 Å². The number of carbonyl (C=O) groups excluding carboxylic acids is 2. The van der Waals surface area contributed by atoms with Crippen molar-refractivity contribution in [1.29, 1.82) is 0 Å². The van der Waals surface area contributed by atoms with Crippen LogP contribution in [0.4, 0.5) is 0 Å². The van der Waals surface area contributed by atoms with Crippen molar-refractivity contribution in [2.24, 2.45) is 23.2 Å². The molecule has 5 fully saturated rings. The lowest BCUT2D eigenvalue weighted by molar-refractivity contribution is -0.147. The summed E-state index contributed by atoms with van der Waals surface area (Å²) >= 11 is 0. The molecule has 0 unspecified atom stereocenters. The maximum atomic E-state index is 13.0. The van der Waals surface area contributed by atoms with Crippen LogP contribution in [0.3, 0.4) is 0 Å². The predicted octanol–water partition coefficient (Wildman–Crippen LogP) is 2.45. The van der Waals surface area contributed by atoms with E-state index < -0.39 is 15.9 Å². The smallest absolute Gasteiger partial charge is 0.269 e. The largest absolute Gasteiger partial charge is 0.273 e. The standard InChI is InChI=1S/C22H29N3O4S/c26-20(18-3-5-19(6-4-18)30(28,29)25-7-1-2-8-25)23-24-21(27)22-12-15-9-16(13-22)11-17(10-15)14-22/h3-6,15-17H,1-2,7-14H2,(H,23,26)(H,24,27). The van der Waals surface area contributed by atoms with Gasteiger partial charge in [-0.15, -0.1) is 0 Å². The Labute approximate surface area is 177 Å². The van der Waals surface area contributed by atoms with E-state index >= 15 is 0 Å². The summed E-state index contributed by atoms with van der Waals surface area (Å²) in [5.74, 6) is 1.47. The number of amides is 2. The van der Waals surface area contributed by atoms with Crippen molar-refractivity contribution in [3.8, 4) is 0 Å². The van der Waals surface area contributed by atoms with Gasteiger partial charge in [0.05, 0.1) is 10.3 Å². The van der Waals surface area contributed by atoms with Crippen LogP contribution in [-0.2, 0) is 14.8 Å². The molecule has 30 heavy (non-hydrogen) atoms. The third kappa shape index (κ3) is 3.43. The Hall–Kier alpha value is -1.93. The van der Waals surface area contributed by atoms with E-state index in [2.05, 4.69) is 10.9 Å². The van der Waals surface area contributed by atoms with Crippen LogP contribution >= 0.6 is 0 Å². The molecule has 4 bridgehead atoms. The molecule has 8 heteroatoms. The van der Waals surface area contributed by atoms with Gasteiger partial charge in [0.25, 0.3) is 5.91 Å². The summed E-state index contributed by atoms with van der Waals surface area (Å²) in [6.45, 7) is 1.09. The summed E-state index contributed by atoms with van der Waals surface area (Å²) in [7, 11) is -3.50. The lowest BCUT2D eigenvalue weighted by Crippen LogP contribution is -2.56. The first kappa shape index (κ1) is 20.0. The Kier molecular flexibility index (Phi) is 4.89. The van der Waals surface area contributed by atoms with Crippen LogP contribution in [0.25, 0.3) is 0 Å². The summed E-state index contributed by atoms with van der Waals surface area (Å²) < 4.78 is 26.7. The van der Waals surface area contributed by atoms with Gasteiger partial charge in [-0.2, -0.15) is 4.31 Å². The Morgan fingerprint density at radius 3 is 1.93 bits per heavy atom. The molecule has 5 aliphatic rings. The van der Waals surface area contributed by atoms with Crippen molar-refractivity contribution in [3.05, 3.63) is 29.8 Å². The molecule has 6 rings (SSSR count). The van der Waals surface area contributed by atoms with Gasteiger partial charge >= 0.3 is 0 Å². The van der Waals surface area contributed by atoms with E-state index in [1.807, 2.05) is 0 Å². The van der Waals surface area contributed by atoms with Crippen molar-refractivity contribution < 1.29 is 18.0 Å². The molecule has 162 valence electrons. The average Bonchev–Trinajstić information content (AvgIpc) is 3.26. The number of hydrogen-bond acceptors (Lipinski definition) is 4. The van der Waals surface area contributed by atoms with E-state index in [0.29, 0.717) is 36.4 Å².